The van der Waals surface area contributed by atoms with E-state index in [1.165, 1.54) is 0 Å². The summed E-state index contributed by atoms with van der Waals surface area (Å²) in [5.41, 5.74) is 2.96. The van der Waals surface area contributed by atoms with Gasteiger partial charge >= 0.3 is 0 Å². The Morgan fingerprint density at radius 2 is 2.10 bits per heavy atom. The first kappa shape index (κ1) is 17.4. The Morgan fingerprint density at radius 1 is 1.24 bits per heavy atom. The number of carbonyl (C=O) groups is 1. The number of H-pyrrole nitrogens is 2. The number of para-hydroxylation sites is 2. The number of rotatable bonds is 5. The molecule has 0 spiro atoms. The standard InChI is InChI=1S/C20H19N7O2/c1-29-13-10-27(11-13)18-7-6-12(9-21-18)20(28)24-17-8-16(25-26-17)19-22-14-4-2-3-5-15(14)23-19/h2-9,13H,10-11H2,1H3,(H,22,23)(H2,24,25,26,28). The van der Waals surface area contributed by atoms with Crippen LogP contribution in [0.1, 0.15) is 10.4 Å². The molecule has 1 aliphatic rings. The second-order valence-corrected chi connectivity index (χ2v) is 6.89. The average molecular weight is 389 g/mol. The molecule has 1 aliphatic heterocycles. The third-order valence-corrected chi connectivity index (χ3v) is 4.98. The minimum atomic E-state index is -0.273. The fraction of sp³-hybridized carbons (Fsp3) is 0.200. The number of hydrogen-bond acceptors (Lipinski definition) is 6. The summed E-state index contributed by atoms with van der Waals surface area (Å²) in [5.74, 6) is 1.64. The molecule has 0 atom stereocenters. The van der Waals surface area contributed by atoms with Crippen molar-refractivity contribution in [2.45, 2.75) is 6.10 Å². The van der Waals surface area contributed by atoms with Gasteiger partial charge in [0.05, 0.1) is 22.7 Å². The molecule has 146 valence electrons. The van der Waals surface area contributed by atoms with Crippen molar-refractivity contribution in [3.63, 3.8) is 0 Å². The quantitative estimate of drug-likeness (QED) is 0.483. The van der Waals surface area contributed by atoms with E-state index in [4.69, 9.17) is 4.74 Å². The number of pyridine rings is 1. The summed E-state index contributed by atoms with van der Waals surface area (Å²) >= 11 is 0. The summed E-state index contributed by atoms with van der Waals surface area (Å²) in [5, 5.41) is 9.83. The zero-order valence-corrected chi connectivity index (χ0v) is 15.7. The number of amides is 1. The van der Waals surface area contributed by atoms with Crippen LogP contribution < -0.4 is 10.2 Å². The van der Waals surface area contributed by atoms with Crippen molar-refractivity contribution in [3.05, 3.63) is 54.2 Å². The molecule has 1 fully saturated rings. The minimum absolute atomic E-state index is 0.250. The topological polar surface area (TPSA) is 112 Å². The molecule has 0 unspecified atom stereocenters. The minimum Gasteiger partial charge on any atom is -0.378 e. The molecule has 1 saturated heterocycles. The van der Waals surface area contributed by atoms with Crippen LogP contribution in [-0.2, 0) is 4.74 Å². The lowest BCUT2D eigenvalue weighted by Crippen LogP contribution is -2.52. The predicted molar refractivity (Wildman–Crippen MR) is 109 cm³/mol. The van der Waals surface area contributed by atoms with Crippen LogP contribution in [0.15, 0.2) is 48.7 Å². The Hall–Kier alpha value is -3.72. The largest absolute Gasteiger partial charge is 0.378 e. The van der Waals surface area contributed by atoms with E-state index in [9.17, 15) is 4.79 Å². The third kappa shape index (κ3) is 3.32. The Balaban J connectivity index is 1.26. The number of anilines is 2. The number of ether oxygens (including phenoxy) is 1. The van der Waals surface area contributed by atoms with Gasteiger partial charge in [0.1, 0.15) is 11.5 Å². The van der Waals surface area contributed by atoms with Crippen LogP contribution >= 0.6 is 0 Å². The number of benzene rings is 1. The van der Waals surface area contributed by atoms with Gasteiger partial charge in [-0.15, -0.1) is 0 Å². The molecule has 4 aromatic rings. The number of aromatic amines is 2. The summed E-state index contributed by atoms with van der Waals surface area (Å²) in [6.07, 6.45) is 1.82. The number of nitrogens with zero attached hydrogens (tertiary/aromatic N) is 4. The van der Waals surface area contributed by atoms with E-state index in [1.807, 2.05) is 30.3 Å². The highest BCUT2D eigenvalue weighted by Gasteiger charge is 2.27. The van der Waals surface area contributed by atoms with E-state index in [0.717, 1.165) is 29.9 Å². The summed E-state index contributed by atoms with van der Waals surface area (Å²) in [4.78, 5) is 26.7. The second kappa shape index (κ2) is 7.02. The molecule has 9 heteroatoms. The zero-order valence-electron chi connectivity index (χ0n) is 15.7. The van der Waals surface area contributed by atoms with Crippen LogP contribution in [0.2, 0.25) is 0 Å². The lowest BCUT2D eigenvalue weighted by atomic mass is 10.1. The highest BCUT2D eigenvalue weighted by Crippen LogP contribution is 2.22. The van der Waals surface area contributed by atoms with Gasteiger partial charge in [-0.2, -0.15) is 5.10 Å². The van der Waals surface area contributed by atoms with E-state index >= 15 is 0 Å². The van der Waals surface area contributed by atoms with Gasteiger partial charge in [-0.05, 0) is 24.3 Å². The predicted octanol–water partition coefficient (Wildman–Crippen LogP) is 2.44. The number of nitrogens with one attached hydrogen (secondary N) is 3. The Labute approximate surface area is 166 Å². The summed E-state index contributed by atoms with van der Waals surface area (Å²) in [6, 6.07) is 13.1. The average Bonchev–Trinajstić information content (AvgIpc) is 3.34. The van der Waals surface area contributed by atoms with Crippen molar-refractivity contribution < 1.29 is 9.53 Å². The molecule has 29 heavy (non-hydrogen) atoms. The molecule has 4 heterocycles. The number of imidazole rings is 1. The van der Waals surface area contributed by atoms with Gasteiger partial charge < -0.3 is 19.9 Å². The van der Waals surface area contributed by atoms with Crippen LogP contribution in [0.4, 0.5) is 11.6 Å². The number of aromatic nitrogens is 5. The Bertz CT molecular complexity index is 1130. The van der Waals surface area contributed by atoms with Crippen molar-refractivity contribution in [3.8, 4) is 11.5 Å². The molecule has 3 aromatic heterocycles. The van der Waals surface area contributed by atoms with Crippen LogP contribution in [0, 0.1) is 0 Å². The molecule has 0 bridgehead atoms. The molecule has 0 aliphatic carbocycles. The van der Waals surface area contributed by atoms with E-state index < -0.39 is 0 Å². The van der Waals surface area contributed by atoms with Gasteiger partial charge in [-0.3, -0.25) is 9.89 Å². The number of hydrogen-bond donors (Lipinski definition) is 3. The first-order chi connectivity index (χ1) is 14.2. The molecule has 0 saturated carbocycles. The smallest absolute Gasteiger partial charge is 0.258 e. The SMILES string of the molecule is COC1CN(c2ccc(C(=O)Nc3cc(-c4nc5ccccc5[nH]4)[nH]n3)cn2)C1. The highest BCUT2D eigenvalue weighted by atomic mass is 16.5. The van der Waals surface area contributed by atoms with Crippen molar-refractivity contribution in [2.24, 2.45) is 0 Å². The molecule has 9 nitrogen and oxygen atoms in total. The van der Waals surface area contributed by atoms with Crippen LogP contribution in [0.25, 0.3) is 22.6 Å². The maximum Gasteiger partial charge on any atom is 0.258 e. The number of fused-ring (bicyclic) bond motifs is 1. The van der Waals surface area contributed by atoms with Crippen LogP contribution in [-0.4, -0.2) is 57.4 Å². The van der Waals surface area contributed by atoms with Gasteiger partial charge in [0.25, 0.3) is 5.91 Å². The van der Waals surface area contributed by atoms with Crippen LogP contribution in [0.3, 0.4) is 0 Å². The molecule has 3 N–H and O–H groups in total. The Kier molecular flexibility index (Phi) is 4.21. The second-order valence-electron chi connectivity index (χ2n) is 6.89. The molecule has 1 amide bonds. The van der Waals surface area contributed by atoms with Gasteiger partial charge in [-0.25, -0.2) is 9.97 Å². The van der Waals surface area contributed by atoms with E-state index in [1.54, 1.807) is 25.4 Å². The fourth-order valence-electron chi connectivity index (χ4n) is 3.26. The monoisotopic (exact) mass is 389 g/mol. The van der Waals surface area contributed by atoms with Gasteiger partial charge in [0.2, 0.25) is 0 Å². The van der Waals surface area contributed by atoms with Crippen molar-refractivity contribution in [1.82, 2.24) is 25.1 Å². The summed E-state index contributed by atoms with van der Waals surface area (Å²) < 4.78 is 5.27. The maximum atomic E-state index is 12.5. The molecule has 1 aromatic carbocycles. The summed E-state index contributed by atoms with van der Waals surface area (Å²) in [7, 11) is 1.71. The molecule has 5 rings (SSSR count). The molecule has 0 radical (unpaired) electrons. The van der Waals surface area contributed by atoms with Crippen molar-refractivity contribution >= 4 is 28.6 Å². The maximum absolute atomic E-state index is 12.5. The molecular weight excluding hydrogens is 370 g/mol. The van der Waals surface area contributed by atoms with Crippen molar-refractivity contribution in [1.29, 1.82) is 0 Å². The number of carbonyl (C=O) groups excluding carboxylic acids is 1. The van der Waals surface area contributed by atoms with Gasteiger partial charge in [0.15, 0.2) is 11.6 Å². The lowest BCUT2D eigenvalue weighted by Gasteiger charge is -2.38. The van der Waals surface area contributed by atoms with E-state index in [2.05, 4.69) is 35.4 Å². The Morgan fingerprint density at radius 3 is 2.86 bits per heavy atom. The number of methoxy groups -OCH3 is 1. The zero-order chi connectivity index (χ0) is 19.8. The van der Waals surface area contributed by atoms with Gasteiger partial charge in [-0.1, -0.05) is 12.1 Å². The lowest BCUT2D eigenvalue weighted by molar-refractivity contribution is 0.0783. The first-order valence-electron chi connectivity index (χ1n) is 9.25. The van der Waals surface area contributed by atoms with E-state index in [0.29, 0.717) is 22.9 Å². The fourth-order valence-corrected chi connectivity index (χ4v) is 3.26. The highest BCUT2D eigenvalue weighted by molar-refractivity contribution is 6.03. The first-order valence-corrected chi connectivity index (χ1v) is 9.25. The summed E-state index contributed by atoms with van der Waals surface area (Å²) in [6.45, 7) is 1.62. The third-order valence-electron chi connectivity index (χ3n) is 4.98. The normalized spacial score (nSPS) is 14.2. The molecular formula is C20H19N7O2. The van der Waals surface area contributed by atoms with Crippen LogP contribution in [0.5, 0.6) is 0 Å². The van der Waals surface area contributed by atoms with Gasteiger partial charge in [0, 0.05) is 32.5 Å². The van der Waals surface area contributed by atoms with Crippen molar-refractivity contribution in [2.75, 3.05) is 30.4 Å². The van der Waals surface area contributed by atoms with E-state index in [-0.39, 0.29) is 12.0 Å².